The topological polar surface area (TPSA) is 154 Å². The third-order valence-electron chi connectivity index (χ3n) is 5.60. The van der Waals surface area contributed by atoms with Crippen LogP contribution in [-0.2, 0) is 19.2 Å². The number of β-lactam (4-membered cyclic amide) rings is 1. The Kier molecular flexibility index (Phi) is 7.27. The van der Waals surface area contributed by atoms with Gasteiger partial charge >= 0.3 is 5.97 Å². The van der Waals surface area contributed by atoms with Crippen LogP contribution >= 0.6 is 23.5 Å². The van der Waals surface area contributed by atoms with Crippen molar-refractivity contribution in [3.63, 3.8) is 0 Å². The Hall–Kier alpha value is -2.73. The standard InChI is InChI=1S/C21H27N5O5S2/c1-20(2)21(19(30)31,26-15(28)9-16(26)33-20)25-18(29)17(12-7-5-4-6-8-12)24-14(27)10-23-13(22)11-32-3/h4-8,16-17H,9-11H2,1-3H3,(H2,22,23)(H,24,27)(H,25,29)(H,30,31)/t16-,17?,21+/m1/s1. The second kappa shape index (κ2) is 9.64. The molecule has 2 aliphatic rings. The second-order valence-corrected chi connectivity index (χ2v) is 10.9. The Morgan fingerprint density at radius 3 is 2.58 bits per heavy atom. The van der Waals surface area contributed by atoms with Crippen LogP contribution < -0.4 is 16.4 Å². The number of aliphatic imine (C=N–C) groups is 1. The summed E-state index contributed by atoms with van der Waals surface area (Å²) in [6.07, 6.45) is 2.07. The number of carboxylic acid groups (broad SMARTS) is 1. The molecule has 2 fully saturated rings. The molecule has 0 aromatic heterocycles. The van der Waals surface area contributed by atoms with Gasteiger partial charge in [0.15, 0.2) is 0 Å². The van der Waals surface area contributed by atoms with Crippen molar-refractivity contribution in [3.8, 4) is 0 Å². The van der Waals surface area contributed by atoms with Crippen molar-refractivity contribution in [2.45, 2.75) is 42.1 Å². The van der Waals surface area contributed by atoms with Gasteiger partial charge in [-0.05, 0) is 25.7 Å². The van der Waals surface area contributed by atoms with Gasteiger partial charge in [0.1, 0.15) is 18.4 Å². The molecule has 178 valence electrons. The third-order valence-corrected chi connectivity index (χ3v) is 7.72. The minimum Gasteiger partial charge on any atom is -0.478 e. The Morgan fingerprint density at radius 2 is 2.00 bits per heavy atom. The highest BCUT2D eigenvalue weighted by Gasteiger charge is 2.70. The number of hydrogen-bond donors (Lipinski definition) is 4. The van der Waals surface area contributed by atoms with Crippen molar-refractivity contribution in [2.24, 2.45) is 10.7 Å². The SMILES string of the molecule is CSCC(N)=NCC(=O)NC(C(=O)N[C@@]1(C(=O)O)N2C(=O)C[C@H]2SC1(C)C)c1ccccc1. The van der Waals surface area contributed by atoms with Gasteiger partial charge in [0, 0.05) is 0 Å². The molecule has 1 aromatic carbocycles. The summed E-state index contributed by atoms with van der Waals surface area (Å²) in [4.78, 5) is 56.0. The van der Waals surface area contributed by atoms with Crippen LogP contribution in [0.5, 0.6) is 0 Å². The highest BCUT2D eigenvalue weighted by molar-refractivity contribution is 8.01. The molecule has 3 atom stereocenters. The average Bonchev–Trinajstić information content (AvgIpc) is 2.93. The largest absolute Gasteiger partial charge is 0.478 e. The predicted molar refractivity (Wildman–Crippen MR) is 128 cm³/mol. The number of nitrogens with two attached hydrogens (primary N) is 1. The first kappa shape index (κ1) is 24.9. The molecule has 2 saturated heterocycles. The lowest BCUT2D eigenvalue weighted by Crippen LogP contribution is -2.75. The number of carbonyl (C=O) groups is 4. The van der Waals surface area contributed by atoms with Crippen LogP contribution in [0.3, 0.4) is 0 Å². The summed E-state index contributed by atoms with van der Waals surface area (Å²) in [5.41, 5.74) is 4.24. The molecule has 0 saturated carbocycles. The highest BCUT2D eigenvalue weighted by atomic mass is 32.2. The van der Waals surface area contributed by atoms with Gasteiger partial charge in [0.05, 0.1) is 22.3 Å². The zero-order valence-electron chi connectivity index (χ0n) is 18.5. The molecule has 10 nitrogen and oxygen atoms in total. The molecule has 2 aliphatic heterocycles. The number of benzene rings is 1. The maximum atomic E-state index is 13.5. The Balaban J connectivity index is 1.89. The molecule has 3 amide bonds. The number of amidine groups is 1. The molecule has 2 heterocycles. The van der Waals surface area contributed by atoms with Gasteiger partial charge in [-0.25, -0.2) is 4.79 Å². The molecular weight excluding hydrogens is 466 g/mol. The first-order chi connectivity index (χ1) is 15.5. The van der Waals surface area contributed by atoms with E-state index in [-0.39, 0.29) is 24.2 Å². The van der Waals surface area contributed by atoms with E-state index in [1.54, 1.807) is 44.2 Å². The van der Waals surface area contributed by atoms with Crippen LogP contribution in [0.4, 0.5) is 0 Å². The quantitative estimate of drug-likeness (QED) is 0.221. The van der Waals surface area contributed by atoms with E-state index in [0.29, 0.717) is 17.2 Å². The van der Waals surface area contributed by atoms with Crippen molar-refractivity contribution in [2.75, 3.05) is 18.6 Å². The number of nitrogens with zero attached hydrogens (tertiary/aromatic N) is 2. The van der Waals surface area contributed by atoms with Gasteiger partial charge in [0.2, 0.25) is 23.4 Å². The summed E-state index contributed by atoms with van der Waals surface area (Å²) in [6.45, 7) is 3.08. The van der Waals surface area contributed by atoms with Gasteiger partial charge in [-0.15, -0.1) is 11.8 Å². The number of carboxylic acids is 1. The number of thioether (sulfide) groups is 2. The number of rotatable bonds is 9. The maximum Gasteiger partial charge on any atom is 0.352 e. The molecule has 5 N–H and O–H groups in total. The maximum absolute atomic E-state index is 13.5. The summed E-state index contributed by atoms with van der Waals surface area (Å²) in [5.74, 6) is -2.21. The molecular formula is C21H27N5O5S2. The number of fused-ring (bicyclic) bond motifs is 1. The van der Waals surface area contributed by atoms with Gasteiger partial charge in [0.25, 0.3) is 0 Å². The summed E-state index contributed by atoms with van der Waals surface area (Å²) in [5, 5.41) is 15.1. The summed E-state index contributed by atoms with van der Waals surface area (Å²) in [7, 11) is 0. The van der Waals surface area contributed by atoms with E-state index < -0.39 is 34.2 Å². The van der Waals surface area contributed by atoms with E-state index in [1.807, 2.05) is 6.26 Å². The first-order valence-corrected chi connectivity index (χ1v) is 12.5. The molecule has 1 aromatic rings. The van der Waals surface area contributed by atoms with E-state index in [9.17, 15) is 24.3 Å². The fourth-order valence-electron chi connectivity index (χ4n) is 3.99. The normalized spacial score (nSPS) is 24.5. The number of aliphatic carboxylic acids is 1. The van der Waals surface area contributed by atoms with Crippen molar-refractivity contribution in [3.05, 3.63) is 35.9 Å². The van der Waals surface area contributed by atoms with Crippen LogP contribution in [0.2, 0.25) is 0 Å². The molecule has 0 bridgehead atoms. The molecule has 0 radical (unpaired) electrons. The smallest absolute Gasteiger partial charge is 0.352 e. The second-order valence-electron chi connectivity index (χ2n) is 8.21. The molecule has 0 spiro atoms. The van der Waals surface area contributed by atoms with Gasteiger partial charge in [-0.3, -0.25) is 24.3 Å². The van der Waals surface area contributed by atoms with Gasteiger partial charge in [-0.1, -0.05) is 30.3 Å². The summed E-state index contributed by atoms with van der Waals surface area (Å²) in [6, 6.07) is 7.27. The molecule has 3 rings (SSSR count). The minimum atomic E-state index is -1.95. The first-order valence-electron chi connectivity index (χ1n) is 10.2. The van der Waals surface area contributed by atoms with Gasteiger partial charge in [-0.2, -0.15) is 11.8 Å². The lowest BCUT2D eigenvalue weighted by molar-refractivity contribution is -0.173. The number of nitrogens with one attached hydrogen (secondary N) is 2. The lowest BCUT2D eigenvalue weighted by Gasteiger charge is -2.46. The number of hydrogen-bond acceptors (Lipinski definition) is 7. The lowest BCUT2D eigenvalue weighted by atomic mass is 9.89. The Labute approximate surface area is 200 Å². The average molecular weight is 494 g/mol. The molecule has 0 aliphatic carbocycles. The minimum absolute atomic E-state index is 0.216. The van der Waals surface area contributed by atoms with Crippen LogP contribution in [0.1, 0.15) is 31.9 Å². The van der Waals surface area contributed by atoms with E-state index in [2.05, 4.69) is 15.6 Å². The van der Waals surface area contributed by atoms with Crippen molar-refractivity contribution in [1.29, 1.82) is 0 Å². The van der Waals surface area contributed by atoms with Crippen molar-refractivity contribution in [1.82, 2.24) is 15.5 Å². The van der Waals surface area contributed by atoms with E-state index >= 15 is 0 Å². The predicted octanol–water partition coefficient (Wildman–Crippen LogP) is 0.545. The zero-order valence-corrected chi connectivity index (χ0v) is 20.2. The van der Waals surface area contributed by atoms with Crippen LogP contribution in [0, 0.1) is 0 Å². The van der Waals surface area contributed by atoms with Crippen LogP contribution in [-0.4, -0.2) is 73.9 Å². The Morgan fingerprint density at radius 1 is 1.33 bits per heavy atom. The van der Waals surface area contributed by atoms with Gasteiger partial charge < -0.3 is 21.5 Å². The van der Waals surface area contributed by atoms with E-state index in [1.165, 1.54) is 28.4 Å². The molecule has 12 heteroatoms. The molecule has 1 unspecified atom stereocenters. The van der Waals surface area contributed by atoms with E-state index in [0.717, 1.165) is 0 Å². The summed E-state index contributed by atoms with van der Waals surface area (Å²) < 4.78 is -1.01. The van der Waals surface area contributed by atoms with Crippen LogP contribution in [0.15, 0.2) is 35.3 Å². The number of amides is 3. The highest BCUT2D eigenvalue weighted by Crippen LogP contribution is 2.55. The van der Waals surface area contributed by atoms with Crippen molar-refractivity contribution < 1.29 is 24.3 Å². The third kappa shape index (κ3) is 4.67. The van der Waals surface area contributed by atoms with Crippen molar-refractivity contribution >= 4 is 53.1 Å². The van der Waals surface area contributed by atoms with E-state index in [4.69, 9.17) is 5.73 Å². The number of carbonyl (C=O) groups excluding carboxylic acids is 3. The Bertz CT molecular complexity index is 987. The zero-order chi connectivity index (χ0) is 24.4. The molecule has 33 heavy (non-hydrogen) atoms. The summed E-state index contributed by atoms with van der Waals surface area (Å²) >= 11 is 2.79. The fourth-order valence-corrected chi connectivity index (χ4v) is 6.08. The fraction of sp³-hybridized carbons (Fsp3) is 0.476. The monoisotopic (exact) mass is 493 g/mol. The van der Waals surface area contributed by atoms with Crippen LogP contribution in [0.25, 0.3) is 0 Å².